The lowest BCUT2D eigenvalue weighted by Crippen LogP contribution is -1.84. The van der Waals surface area contributed by atoms with E-state index >= 15 is 0 Å². The number of halogens is 1. The molecule has 2 nitrogen and oxygen atoms in total. The maximum atomic E-state index is 10.3. The quantitative estimate of drug-likeness (QED) is 0.646. The molecule has 0 unspecified atom stereocenters. The molecule has 0 radical (unpaired) electrons. The topological polar surface area (TPSA) is 26.3 Å². The Morgan fingerprint density at radius 3 is 2.90 bits per heavy atom. The van der Waals surface area contributed by atoms with E-state index in [0.29, 0.717) is 15.6 Å². The molecule has 4 heteroatoms. The van der Waals surface area contributed by atoms with Crippen LogP contribution in [0.3, 0.4) is 0 Å². The van der Waals surface area contributed by atoms with Crippen LogP contribution in [0.15, 0.2) is 5.38 Å². The number of thiophene rings is 1. The third kappa shape index (κ3) is 1.15. The van der Waals surface area contributed by atoms with Gasteiger partial charge in [0.15, 0.2) is 12.0 Å². The largest absolute Gasteiger partial charge is 0.494 e. The Bertz CT molecular complexity index is 244. The molecule has 1 aromatic heterocycles. The minimum Gasteiger partial charge on any atom is -0.494 e. The summed E-state index contributed by atoms with van der Waals surface area (Å²) in [6, 6.07) is 0. The number of carbonyl (C=O) groups is 1. The van der Waals surface area contributed by atoms with Gasteiger partial charge in [-0.2, -0.15) is 0 Å². The zero-order chi connectivity index (χ0) is 7.56. The second kappa shape index (κ2) is 3.03. The van der Waals surface area contributed by atoms with E-state index in [-0.39, 0.29) is 0 Å². The van der Waals surface area contributed by atoms with Crippen LogP contribution in [0.1, 0.15) is 10.4 Å². The van der Waals surface area contributed by atoms with Crippen LogP contribution in [0.2, 0.25) is 4.34 Å². The third-order valence-corrected chi connectivity index (χ3v) is 2.26. The van der Waals surface area contributed by atoms with Crippen LogP contribution >= 0.6 is 22.9 Å². The van der Waals surface area contributed by atoms with Gasteiger partial charge in [0.05, 0.1) is 12.7 Å². The first-order valence-corrected chi connectivity index (χ1v) is 3.81. The summed E-state index contributed by atoms with van der Waals surface area (Å²) in [5.41, 5.74) is 0.512. The average Bonchev–Trinajstić information content (AvgIpc) is 2.30. The summed E-state index contributed by atoms with van der Waals surface area (Å²) >= 11 is 6.95. The lowest BCUT2D eigenvalue weighted by Gasteiger charge is -1.95. The predicted octanol–water partition coefficient (Wildman–Crippen LogP) is 2.22. The highest BCUT2D eigenvalue weighted by molar-refractivity contribution is 7.15. The highest BCUT2D eigenvalue weighted by atomic mass is 35.5. The van der Waals surface area contributed by atoms with Crippen molar-refractivity contribution < 1.29 is 9.53 Å². The molecule has 0 bridgehead atoms. The SMILES string of the molecule is COc1c(C=O)csc1Cl. The fourth-order valence-electron chi connectivity index (χ4n) is 0.615. The normalized spacial score (nSPS) is 9.40. The van der Waals surface area contributed by atoms with Gasteiger partial charge in [-0.1, -0.05) is 11.6 Å². The molecule has 0 fully saturated rings. The van der Waals surface area contributed by atoms with Gasteiger partial charge in [-0.25, -0.2) is 0 Å². The Morgan fingerprint density at radius 1 is 1.80 bits per heavy atom. The minimum absolute atomic E-state index is 0.474. The molecule has 0 atom stereocenters. The lowest BCUT2D eigenvalue weighted by molar-refractivity contribution is 0.112. The zero-order valence-corrected chi connectivity index (χ0v) is 6.83. The molecule has 1 heterocycles. The molecule has 0 aliphatic rings. The Morgan fingerprint density at radius 2 is 2.50 bits per heavy atom. The highest BCUT2D eigenvalue weighted by Gasteiger charge is 2.08. The molecular weight excluding hydrogens is 172 g/mol. The van der Waals surface area contributed by atoms with Gasteiger partial charge in [-0.05, 0) is 0 Å². The first kappa shape index (κ1) is 7.57. The van der Waals surface area contributed by atoms with E-state index in [1.807, 2.05) is 0 Å². The van der Waals surface area contributed by atoms with Crippen LogP contribution in [-0.2, 0) is 0 Å². The summed E-state index contributed by atoms with van der Waals surface area (Å²) in [4.78, 5) is 10.3. The van der Waals surface area contributed by atoms with Crippen molar-refractivity contribution >= 4 is 29.2 Å². The van der Waals surface area contributed by atoms with E-state index in [1.165, 1.54) is 18.4 Å². The molecule has 0 spiro atoms. The van der Waals surface area contributed by atoms with Crippen LogP contribution in [0.4, 0.5) is 0 Å². The summed E-state index contributed by atoms with van der Waals surface area (Å²) < 4.78 is 5.37. The highest BCUT2D eigenvalue weighted by Crippen LogP contribution is 2.33. The molecule has 0 aliphatic heterocycles. The number of ether oxygens (including phenoxy) is 1. The third-order valence-electron chi connectivity index (χ3n) is 1.06. The number of hydrogen-bond acceptors (Lipinski definition) is 3. The van der Waals surface area contributed by atoms with Crippen LogP contribution in [0.5, 0.6) is 5.75 Å². The zero-order valence-electron chi connectivity index (χ0n) is 5.26. The fraction of sp³-hybridized carbons (Fsp3) is 0.167. The van der Waals surface area contributed by atoms with Crippen molar-refractivity contribution in [3.63, 3.8) is 0 Å². The summed E-state index contributed by atoms with van der Waals surface area (Å²) in [6.07, 6.45) is 0.723. The van der Waals surface area contributed by atoms with E-state index in [0.717, 1.165) is 6.29 Å². The monoisotopic (exact) mass is 176 g/mol. The molecule has 0 saturated heterocycles. The standard InChI is InChI=1S/C6H5ClO2S/c1-9-5-4(2-8)3-10-6(5)7/h2-3H,1H3. The van der Waals surface area contributed by atoms with Gasteiger partial charge in [0.1, 0.15) is 4.34 Å². The molecule has 0 aliphatic carbocycles. The summed E-state index contributed by atoms with van der Waals surface area (Å²) in [5.74, 6) is 0.474. The smallest absolute Gasteiger partial charge is 0.158 e. The number of carbonyl (C=O) groups excluding carboxylic acids is 1. The Kier molecular flexibility index (Phi) is 2.29. The Balaban J connectivity index is 3.12. The molecule has 10 heavy (non-hydrogen) atoms. The Labute approximate surface area is 67.4 Å². The molecule has 0 aromatic carbocycles. The molecule has 1 rings (SSSR count). The van der Waals surface area contributed by atoms with Crippen molar-refractivity contribution in [2.75, 3.05) is 7.11 Å². The number of aldehydes is 1. The number of hydrogen-bond donors (Lipinski definition) is 0. The van der Waals surface area contributed by atoms with Crippen LogP contribution in [-0.4, -0.2) is 13.4 Å². The van der Waals surface area contributed by atoms with Gasteiger partial charge in [0.2, 0.25) is 0 Å². The van der Waals surface area contributed by atoms with Crippen molar-refractivity contribution in [1.82, 2.24) is 0 Å². The second-order valence-electron chi connectivity index (χ2n) is 1.62. The second-order valence-corrected chi connectivity index (χ2v) is 3.10. The molecule has 1 aromatic rings. The van der Waals surface area contributed by atoms with Crippen LogP contribution < -0.4 is 4.74 Å². The van der Waals surface area contributed by atoms with E-state index in [1.54, 1.807) is 5.38 Å². The van der Waals surface area contributed by atoms with Crippen molar-refractivity contribution in [3.8, 4) is 5.75 Å². The molecule has 0 N–H and O–H groups in total. The first-order valence-electron chi connectivity index (χ1n) is 2.55. The van der Waals surface area contributed by atoms with Crippen LogP contribution in [0, 0.1) is 0 Å². The van der Waals surface area contributed by atoms with Crippen molar-refractivity contribution in [3.05, 3.63) is 15.3 Å². The molecular formula is C6H5ClO2S. The Hall–Kier alpha value is -0.540. The first-order chi connectivity index (χ1) is 4.79. The van der Waals surface area contributed by atoms with Crippen molar-refractivity contribution in [1.29, 1.82) is 0 Å². The van der Waals surface area contributed by atoms with Gasteiger partial charge in [0, 0.05) is 5.38 Å². The average molecular weight is 177 g/mol. The maximum Gasteiger partial charge on any atom is 0.158 e. The van der Waals surface area contributed by atoms with E-state index in [2.05, 4.69) is 0 Å². The van der Waals surface area contributed by atoms with Crippen LogP contribution in [0.25, 0.3) is 0 Å². The van der Waals surface area contributed by atoms with Gasteiger partial charge in [-0.15, -0.1) is 11.3 Å². The molecule has 54 valence electrons. The fourth-order valence-corrected chi connectivity index (χ4v) is 1.64. The van der Waals surface area contributed by atoms with E-state index in [4.69, 9.17) is 16.3 Å². The van der Waals surface area contributed by atoms with Gasteiger partial charge in [-0.3, -0.25) is 4.79 Å². The van der Waals surface area contributed by atoms with Crippen molar-refractivity contribution in [2.24, 2.45) is 0 Å². The van der Waals surface area contributed by atoms with E-state index < -0.39 is 0 Å². The minimum atomic E-state index is 0.474. The molecule has 0 amide bonds. The van der Waals surface area contributed by atoms with E-state index in [9.17, 15) is 4.79 Å². The van der Waals surface area contributed by atoms with Gasteiger partial charge >= 0.3 is 0 Å². The summed E-state index contributed by atoms with van der Waals surface area (Å²) in [7, 11) is 1.49. The lowest BCUT2D eigenvalue weighted by atomic mass is 10.3. The number of rotatable bonds is 2. The summed E-state index contributed by atoms with van der Waals surface area (Å²) in [5, 5.41) is 1.66. The maximum absolute atomic E-state index is 10.3. The summed E-state index contributed by atoms with van der Waals surface area (Å²) in [6.45, 7) is 0. The number of methoxy groups -OCH3 is 1. The predicted molar refractivity (Wildman–Crippen MR) is 41.3 cm³/mol. The van der Waals surface area contributed by atoms with Crippen molar-refractivity contribution in [2.45, 2.75) is 0 Å². The molecule has 0 saturated carbocycles. The van der Waals surface area contributed by atoms with Gasteiger partial charge in [0.25, 0.3) is 0 Å². The van der Waals surface area contributed by atoms with Gasteiger partial charge < -0.3 is 4.74 Å².